The molecule has 0 aliphatic carbocycles. The van der Waals surface area contributed by atoms with E-state index in [4.69, 9.17) is 0 Å². The van der Waals surface area contributed by atoms with E-state index in [-0.39, 0.29) is 12.1 Å². The van der Waals surface area contributed by atoms with Crippen LogP contribution in [0.3, 0.4) is 0 Å². The summed E-state index contributed by atoms with van der Waals surface area (Å²) in [6.07, 6.45) is 7.26. The van der Waals surface area contributed by atoms with Crippen molar-refractivity contribution in [2.45, 2.75) is 39.3 Å². The summed E-state index contributed by atoms with van der Waals surface area (Å²) in [5.74, 6) is 0. The zero-order valence-electron chi connectivity index (χ0n) is 12.4. The fraction of sp³-hybridized carbons (Fsp3) is 0.500. The number of nitrogens with one attached hydrogen (secondary N) is 2. The second-order valence-corrected chi connectivity index (χ2v) is 5.79. The summed E-state index contributed by atoms with van der Waals surface area (Å²) in [7, 11) is 0. The molecule has 0 aromatic carbocycles. The fourth-order valence-corrected chi connectivity index (χ4v) is 2.76. The van der Waals surface area contributed by atoms with E-state index >= 15 is 0 Å². The Bertz CT molecular complexity index is 551. The summed E-state index contributed by atoms with van der Waals surface area (Å²) < 4.78 is 1.89. The lowest BCUT2D eigenvalue weighted by atomic mass is 10.2. The molecular formula is C14H21N5OS. The van der Waals surface area contributed by atoms with Gasteiger partial charge in [-0.05, 0) is 25.3 Å². The Morgan fingerprint density at radius 1 is 1.52 bits per heavy atom. The van der Waals surface area contributed by atoms with Gasteiger partial charge in [-0.15, -0.1) is 11.3 Å². The van der Waals surface area contributed by atoms with Gasteiger partial charge in [-0.3, -0.25) is 4.68 Å². The lowest BCUT2D eigenvalue weighted by molar-refractivity contribution is 0.236. The van der Waals surface area contributed by atoms with Crippen LogP contribution in [0.4, 0.5) is 4.79 Å². The van der Waals surface area contributed by atoms with Crippen molar-refractivity contribution >= 4 is 17.4 Å². The number of amides is 2. The molecule has 0 fully saturated rings. The highest BCUT2D eigenvalue weighted by Gasteiger charge is 2.14. The monoisotopic (exact) mass is 307 g/mol. The van der Waals surface area contributed by atoms with Crippen LogP contribution in [-0.2, 0) is 6.54 Å². The van der Waals surface area contributed by atoms with Gasteiger partial charge in [0.2, 0.25) is 0 Å². The molecule has 2 aromatic heterocycles. The molecule has 0 saturated heterocycles. The Morgan fingerprint density at radius 2 is 2.38 bits per heavy atom. The van der Waals surface area contributed by atoms with E-state index in [0.29, 0.717) is 6.54 Å². The molecule has 0 aliphatic rings. The van der Waals surface area contributed by atoms with Crippen molar-refractivity contribution < 1.29 is 4.79 Å². The lowest BCUT2D eigenvalue weighted by Gasteiger charge is -2.15. The second kappa shape index (κ2) is 7.78. The maximum atomic E-state index is 11.9. The molecule has 6 nitrogen and oxygen atoms in total. The van der Waals surface area contributed by atoms with Gasteiger partial charge in [0.25, 0.3) is 0 Å². The van der Waals surface area contributed by atoms with Crippen molar-refractivity contribution in [3.63, 3.8) is 0 Å². The number of carbonyl (C=O) groups excluding carboxylic acids is 1. The minimum Gasteiger partial charge on any atom is -0.338 e. The molecule has 2 heterocycles. The van der Waals surface area contributed by atoms with E-state index in [1.54, 1.807) is 17.5 Å². The standard InChI is InChI=1S/C14H21N5OS/c1-3-12(13-15-6-8-21-13)18-14(20)16-5-4-7-19-10-11(2)9-17-19/h6,8-10,12H,3-5,7H2,1-2H3,(H2,16,18,20)/t12-/m0/s1. The Balaban J connectivity index is 1.67. The number of thiazole rings is 1. The molecule has 2 rings (SSSR count). The molecule has 1 atom stereocenters. The summed E-state index contributed by atoms with van der Waals surface area (Å²) in [6, 6.07) is -0.160. The molecule has 2 N–H and O–H groups in total. The average molecular weight is 307 g/mol. The highest BCUT2D eigenvalue weighted by Crippen LogP contribution is 2.18. The van der Waals surface area contributed by atoms with E-state index in [9.17, 15) is 4.79 Å². The lowest BCUT2D eigenvalue weighted by Crippen LogP contribution is -2.38. The Kier molecular flexibility index (Phi) is 5.74. The quantitative estimate of drug-likeness (QED) is 0.772. The number of hydrogen-bond donors (Lipinski definition) is 2. The Labute approximate surface area is 128 Å². The Hall–Kier alpha value is -1.89. The van der Waals surface area contributed by atoms with Gasteiger partial charge < -0.3 is 10.6 Å². The van der Waals surface area contributed by atoms with Gasteiger partial charge in [-0.25, -0.2) is 9.78 Å². The number of aryl methyl sites for hydroxylation is 2. The van der Waals surface area contributed by atoms with Crippen LogP contribution in [-0.4, -0.2) is 27.3 Å². The average Bonchev–Trinajstić information content (AvgIpc) is 3.12. The first-order valence-corrected chi connectivity index (χ1v) is 7.99. The normalized spacial score (nSPS) is 12.1. The Morgan fingerprint density at radius 3 is 3.00 bits per heavy atom. The molecule has 0 bridgehead atoms. The summed E-state index contributed by atoms with van der Waals surface area (Å²) in [6.45, 7) is 5.47. The number of carbonyl (C=O) groups is 1. The van der Waals surface area contributed by atoms with Gasteiger partial charge in [0.15, 0.2) is 0 Å². The highest BCUT2D eigenvalue weighted by atomic mass is 32.1. The van der Waals surface area contributed by atoms with Crippen LogP contribution in [0.2, 0.25) is 0 Å². The summed E-state index contributed by atoms with van der Waals surface area (Å²) in [5.41, 5.74) is 1.15. The van der Waals surface area contributed by atoms with Crippen LogP contribution < -0.4 is 10.6 Å². The third-order valence-corrected chi connectivity index (χ3v) is 3.96. The van der Waals surface area contributed by atoms with Gasteiger partial charge in [0.1, 0.15) is 5.01 Å². The predicted octanol–water partition coefficient (Wildman–Crippen LogP) is 2.49. The maximum absolute atomic E-state index is 11.9. The minimum atomic E-state index is -0.145. The summed E-state index contributed by atoms with van der Waals surface area (Å²) >= 11 is 1.56. The van der Waals surface area contributed by atoms with Gasteiger partial charge in [-0.2, -0.15) is 5.10 Å². The third kappa shape index (κ3) is 4.86. The molecule has 0 spiro atoms. The number of urea groups is 1. The van der Waals surface area contributed by atoms with Crippen molar-refractivity contribution in [2.24, 2.45) is 0 Å². The molecule has 0 saturated carbocycles. The first kappa shape index (κ1) is 15.5. The first-order chi connectivity index (χ1) is 10.2. The molecule has 2 aromatic rings. The van der Waals surface area contributed by atoms with Crippen molar-refractivity contribution in [1.29, 1.82) is 0 Å². The third-order valence-electron chi connectivity index (χ3n) is 3.07. The zero-order chi connectivity index (χ0) is 15.1. The molecule has 0 aliphatic heterocycles. The highest BCUT2D eigenvalue weighted by molar-refractivity contribution is 7.09. The van der Waals surface area contributed by atoms with Crippen LogP contribution in [0.1, 0.15) is 36.4 Å². The van der Waals surface area contributed by atoms with Gasteiger partial charge in [0, 0.05) is 30.9 Å². The van der Waals surface area contributed by atoms with Crippen molar-refractivity contribution in [3.05, 3.63) is 34.5 Å². The molecule has 0 unspecified atom stereocenters. The number of hydrogen-bond acceptors (Lipinski definition) is 4. The summed E-state index contributed by atoms with van der Waals surface area (Å²) in [5, 5.41) is 12.9. The van der Waals surface area contributed by atoms with E-state index in [1.165, 1.54) is 0 Å². The minimum absolute atomic E-state index is 0.0150. The van der Waals surface area contributed by atoms with Crippen molar-refractivity contribution in [3.8, 4) is 0 Å². The molecule has 0 radical (unpaired) electrons. The van der Waals surface area contributed by atoms with E-state index < -0.39 is 0 Å². The van der Waals surface area contributed by atoms with Crippen LogP contribution in [0.15, 0.2) is 24.0 Å². The second-order valence-electron chi connectivity index (χ2n) is 4.87. The SMILES string of the molecule is CC[C@H](NC(=O)NCCCn1cc(C)cn1)c1nccs1. The first-order valence-electron chi connectivity index (χ1n) is 7.12. The van der Waals surface area contributed by atoms with Gasteiger partial charge >= 0.3 is 6.03 Å². The fourth-order valence-electron chi connectivity index (χ4n) is 1.99. The van der Waals surface area contributed by atoms with Crippen molar-refractivity contribution in [2.75, 3.05) is 6.54 Å². The molecule has 7 heteroatoms. The number of rotatable bonds is 7. The molecule has 2 amide bonds. The van der Waals surface area contributed by atoms with Crippen LogP contribution in [0, 0.1) is 6.92 Å². The zero-order valence-corrected chi connectivity index (χ0v) is 13.2. The molecule has 21 heavy (non-hydrogen) atoms. The smallest absolute Gasteiger partial charge is 0.315 e. The molecule has 114 valence electrons. The van der Waals surface area contributed by atoms with E-state index in [1.807, 2.05) is 36.3 Å². The van der Waals surface area contributed by atoms with Crippen LogP contribution >= 0.6 is 11.3 Å². The topological polar surface area (TPSA) is 71.8 Å². The van der Waals surface area contributed by atoms with Gasteiger partial charge in [0.05, 0.1) is 12.2 Å². The number of nitrogens with zero attached hydrogens (tertiary/aromatic N) is 3. The molecular weight excluding hydrogens is 286 g/mol. The summed E-state index contributed by atoms with van der Waals surface area (Å²) in [4.78, 5) is 16.1. The van der Waals surface area contributed by atoms with E-state index in [2.05, 4.69) is 20.7 Å². The van der Waals surface area contributed by atoms with Gasteiger partial charge in [-0.1, -0.05) is 6.92 Å². The maximum Gasteiger partial charge on any atom is 0.315 e. The van der Waals surface area contributed by atoms with Crippen molar-refractivity contribution in [1.82, 2.24) is 25.4 Å². The van der Waals surface area contributed by atoms with E-state index in [0.717, 1.165) is 30.0 Å². The largest absolute Gasteiger partial charge is 0.338 e. The van der Waals surface area contributed by atoms with Crippen LogP contribution in [0.25, 0.3) is 0 Å². The predicted molar refractivity (Wildman–Crippen MR) is 83.3 cm³/mol. The number of aromatic nitrogens is 3. The van der Waals surface area contributed by atoms with Crippen LogP contribution in [0.5, 0.6) is 0 Å².